The third-order valence-electron chi connectivity index (χ3n) is 3.70. The molecule has 0 saturated carbocycles. The highest BCUT2D eigenvalue weighted by Crippen LogP contribution is 2.05. The van der Waals surface area contributed by atoms with Crippen LogP contribution in [0.15, 0.2) is 0 Å². The van der Waals surface area contributed by atoms with E-state index in [0.717, 1.165) is 38.3 Å². The van der Waals surface area contributed by atoms with Crippen LogP contribution in [-0.4, -0.2) is 77.2 Å². The summed E-state index contributed by atoms with van der Waals surface area (Å²) in [5.41, 5.74) is 0. The topological polar surface area (TPSA) is 77.2 Å². The number of rotatable bonds is 5. The average molecular weight is 280 g/mol. The molecule has 2 heterocycles. The van der Waals surface area contributed by atoms with E-state index in [1.54, 1.807) is 0 Å². The lowest BCUT2D eigenvalue weighted by atomic mass is 10.2. The van der Waals surface area contributed by atoms with Crippen LogP contribution in [-0.2, 0) is 6.42 Å². The van der Waals surface area contributed by atoms with Crippen LogP contribution in [0.4, 0.5) is 0 Å². The lowest BCUT2D eigenvalue weighted by Gasteiger charge is -2.37. The van der Waals surface area contributed by atoms with E-state index in [-0.39, 0.29) is 11.7 Å². The molecule has 0 radical (unpaired) electrons. The van der Waals surface area contributed by atoms with Crippen molar-refractivity contribution in [1.82, 2.24) is 30.3 Å². The number of nitrogens with one attached hydrogen (secondary N) is 2. The minimum Gasteiger partial charge on any atom is -0.348 e. The van der Waals surface area contributed by atoms with Gasteiger partial charge in [-0.25, -0.2) is 4.98 Å². The molecule has 1 unspecified atom stereocenters. The van der Waals surface area contributed by atoms with Gasteiger partial charge in [-0.05, 0) is 20.5 Å². The molecule has 0 aliphatic carbocycles. The Morgan fingerprint density at radius 1 is 1.45 bits per heavy atom. The molecular weight excluding hydrogens is 256 g/mol. The Kier molecular flexibility index (Phi) is 5.08. The molecule has 2 rings (SSSR count). The monoisotopic (exact) mass is 280 g/mol. The van der Waals surface area contributed by atoms with Crippen molar-refractivity contribution >= 4 is 5.91 Å². The fourth-order valence-electron chi connectivity index (χ4n) is 2.36. The van der Waals surface area contributed by atoms with Gasteiger partial charge in [0.25, 0.3) is 5.91 Å². The van der Waals surface area contributed by atoms with Gasteiger partial charge in [-0.3, -0.25) is 14.8 Å². The molecule has 1 fully saturated rings. The lowest BCUT2D eigenvalue weighted by Crippen LogP contribution is -2.54. The van der Waals surface area contributed by atoms with Crippen LogP contribution in [0.3, 0.4) is 0 Å². The zero-order valence-electron chi connectivity index (χ0n) is 12.5. The van der Waals surface area contributed by atoms with Crippen molar-refractivity contribution in [3.63, 3.8) is 0 Å². The van der Waals surface area contributed by atoms with Crippen LogP contribution in [0, 0.1) is 0 Å². The summed E-state index contributed by atoms with van der Waals surface area (Å²) in [5, 5.41) is 9.68. The van der Waals surface area contributed by atoms with E-state index < -0.39 is 0 Å². The van der Waals surface area contributed by atoms with Gasteiger partial charge in [0, 0.05) is 38.6 Å². The van der Waals surface area contributed by atoms with E-state index in [0.29, 0.717) is 12.6 Å². The highest BCUT2D eigenvalue weighted by Gasteiger charge is 2.23. The third kappa shape index (κ3) is 3.77. The van der Waals surface area contributed by atoms with Crippen molar-refractivity contribution in [2.75, 3.05) is 40.3 Å². The maximum absolute atomic E-state index is 12.0. The predicted octanol–water partition coefficient (Wildman–Crippen LogP) is -0.267. The molecule has 20 heavy (non-hydrogen) atoms. The first-order valence-corrected chi connectivity index (χ1v) is 7.18. The van der Waals surface area contributed by atoms with Gasteiger partial charge in [-0.2, -0.15) is 0 Å². The van der Waals surface area contributed by atoms with Crippen molar-refractivity contribution in [1.29, 1.82) is 0 Å². The fraction of sp³-hybridized carbons (Fsp3) is 0.769. The molecule has 1 aliphatic heterocycles. The highest BCUT2D eigenvalue weighted by atomic mass is 16.2. The number of likely N-dealkylation sites (N-methyl/N-ethyl adjacent to an activating group) is 2. The summed E-state index contributed by atoms with van der Waals surface area (Å²) in [6.07, 6.45) is 1.80. The summed E-state index contributed by atoms with van der Waals surface area (Å²) in [6, 6.07) is 0.340. The number of carbonyl (C=O) groups is 1. The molecule has 7 nitrogen and oxygen atoms in total. The number of carbonyl (C=O) groups excluding carboxylic acids is 1. The summed E-state index contributed by atoms with van der Waals surface area (Å²) >= 11 is 0. The second-order valence-corrected chi connectivity index (χ2v) is 5.46. The van der Waals surface area contributed by atoms with Crippen molar-refractivity contribution in [2.24, 2.45) is 0 Å². The normalized spacial score (nSPS) is 21.1. The van der Waals surface area contributed by atoms with E-state index in [1.165, 1.54) is 0 Å². The Morgan fingerprint density at radius 2 is 2.25 bits per heavy atom. The quantitative estimate of drug-likeness (QED) is 0.776. The summed E-state index contributed by atoms with van der Waals surface area (Å²) in [7, 11) is 4.20. The van der Waals surface area contributed by atoms with Gasteiger partial charge in [0.05, 0.1) is 0 Å². The van der Waals surface area contributed by atoms with E-state index in [4.69, 9.17) is 0 Å². The number of aromatic nitrogens is 3. The van der Waals surface area contributed by atoms with Gasteiger partial charge in [-0.15, -0.1) is 5.10 Å². The first-order chi connectivity index (χ1) is 9.60. The number of amides is 1. The van der Waals surface area contributed by atoms with Crippen LogP contribution in [0.1, 0.15) is 29.8 Å². The number of H-pyrrole nitrogens is 1. The van der Waals surface area contributed by atoms with E-state index in [9.17, 15) is 4.79 Å². The molecule has 1 atom stereocenters. The van der Waals surface area contributed by atoms with Gasteiger partial charge in [0.2, 0.25) is 5.82 Å². The largest absolute Gasteiger partial charge is 0.348 e. The second-order valence-electron chi connectivity index (χ2n) is 5.46. The zero-order valence-corrected chi connectivity index (χ0v) is 12.5. The molecule has 1 aromatic heterocycles. The average Bonchev–Trinajstić information content (AvgIpc) is 2.88. The van der Waals surface area contributed by atoms with E-state index in [1.807, 2.05) is 0 Å². The van der Waals surface area contributed by atoms with Gasteiger partial charge in [-0.1, -0.05) is 6.92 Å². The Morgan fingerprint density at radius 3 is 3.00 bits per heavy atom. The van der Waals surface area contributed by atoms with E-state index >= 15 is 0 Å². The summed E-state index contributed by atoms with van der Waals surface area (Å²) < 4.78 is 0. The number of hydrogen-bond acceptors (Lipinski definition) is 5. The minimum atomic E-state index is -0.203. The van der Waals surface area contributed by atoms with Crippen LogP contribution < -0.4 is 5.32 Å². The van der Waals surface area contributed by atoms with Gasteiger partial charge in [0.1, 0.15) is 5.82 Å². The lowest BCUT2D eigenvalue weighted by molar-refractivity contribution is 0.0872. The molecule has 112 valence electrons. The molecule has 0 spiro atoms. The SMILES string of the molecule is CCCc1nc(C(=O)NCC2CN(C)CCN2C)n[nH]1. The first kappa shape index (κ1) is 14.9. The van der Waals surface area contributed by atoms with Gasteiger partial charge < -0.3 is 10.2 Å². The molecule has 1 saturated heterocycles. The maximum Gasteiger partial charge on any atom is 0.291 e. The molecule has 2 N–H and O–H groups in total. The smallest absolute Gasteiger partial charge is 0.291 e. The van der Waals surface area contributed by atoms with Crippen LogP contribution in [0.2, 0.25) is 0 Å². The number of aromatic amines is 1. The Balaban J connectivity index is 1.84. The molecule has 1 aliphatic rings. The summed E-state index contributed by atoms with van der Waals surface area (Å²) in [6.45, 7) is 5.75. The van der Waals surface area contributed by atoms with Gasteiger partial charge >= 0.3 is 0 Å². The summed E-state index contributed by atoms with van der Waals surface area (Å²) in [4.78, 5) is 20.8. The first-order valence-electron chi connectivity index (χ1n) is 7.18. The molecular formula is C13H24N6O. The van der Waals surface area contributed by atoms with Crippen molar-refractivity contribution in [2.45, 2.75) is 25.8 Å². The second kappa shape index (κ2) is 6.81. The van der Waals surface area contributed by atoms with Crippen molar-refractivity contribution in [3.8, 4) is 0 Å². The Bertz CT molecular complexity index is 446. The van der Waals surface area contributed by atoms with Crippen LogP contribution >= 0.6 is 0 Å². The number of aryl methyl sites for hydroxylation is 1. The Labute approximate surface area is 119 Å². The van der Waals surface area contributed by atoms with Crippen molar-refractivity contribution in [3.05, 3.63) is 11.6 Å². The Hall–Kier alpha value is -1.47. The zero-order chi connectivity index (χ0) is 14.5. The molecule has 0 bridgehead atoms. The minimum absolute atomic E-state index is 0.203. The van der Waals surface area contributed by atoms with Gasteiger partial charge in [0.15, 0.2) is 0 Å². The van der Waals surface area contributed by atoms with E-state index in [2.05, 4.69) is 51.3 Å². The van der Waals surface area contributed by atoms with Crippen molar-refractivity contribution < 1.29 is 4.79 Å². The number of nitrogens with zero attached hydrogens (tertiary/aromatic N) is 4. The van der Waals surface area contributed by atoms with Crippen LogP contribution in [0.5, 0.6) is 0 Å². The fourth-order valence-corrected chi connectivity index (χ4v) is 2.36. The predicted molar refractivity (Wildman–Crippen MR) is 76.6 cm³/mol. The standard InChI is InChI=1S/C13H24N6O/c1-4-5-11-15-12(17-16-11)13(20)14-8-10-9-18(2)6-7-19(10)3/h10H,4-9H2,1-3H3,(H,14,20)(H,15,16,17). The molecule has 7 heteroatoms. The highest BCUT2D eigenvalue weighted by molar-refractivity contribution is 5.90. The third-order valence-corrected chi connectivity index (χ3v) is 3.70. The number of hydrogen-bond donors (Lipinski definition) is 2. The number of piperazine rings is 1. The summed E-state index contributed by atoms with van der Waals surface area (Å²) in [5.74, 6) is 0.803. The molecule has 0 aromatic carbocycles. The maximum atomic E-state index is 12.0. The van der Waals surface area contributed by atoms with Crippen LogP contribution in [0.25, 0.3) is 0 Å². The molecule has 1 amide bonds. The molecule has 1 aromatic rings.